The number of hydrogen-bond donors (Lipinski definition) is 0. The van der Waals surface area contributed by atoms with Gasteiger partial charge in [0.25, 0.3) is 0 Å². The fraction of sp³-hybridized carbons (Fsp3) is 1.00. The smallest absolute Gasteiger partial charge is 0.192 e. The van der Waals surface area contributed by atoms with Crippen molar-refractivity contribution >= 4 is 27.9 Å². The first kappa shape index (κ1) is 18.5. The Morgan fingerprint density at radius 1 is 1.35 bits per heavy atom. The average molecular weight is 322 g/mol. The van der Waals surface area contributed by atoms with Gasteiger partial charge in [0.1, 0.15) is 26.2 Å². The minimum absolute atomic E-state index is 0.141. The molecule has 0 bridgehead atoms. The average Bonchev–Trinajstić information content (AvgIpc) is 2.59. The second-order valence-electron chi connectivity index (χ2n) is 6.93. The van der Waals surface area contributed by atoms with Gasteiger partial charge in [-0.15, -0.1) is 11.8 Å². The van der Waals surface area contributed by atoms with Crippen molar-refractivity contribution in [2.45, 2.75) is 63.3 Å². The Labute approximate surface area is 128 Å². The van der Waals surface area contributed by atoms with Gasteiger partial charge in [0, 0.05) is 0 Å². The lowest BCUT2D eigenvalue weighted by Crippen LogP contribution is -2.44. The fourth-order valence-electron chi connectivity index (χ4n) is 1.89. The summed E-state index contributed by atoms with van der Waals surface area (Å²) in [6.45, 7) is 11.4. The van der Waals surface area contributed by atoms with E-state index in [1.165, 1.54) is 0 Å². The maximum absolute atomic E-state index is 14.1. The first-order valence-corrected chi connectivity index (χ1v) is 11.4. The Hall–Kier alpha value is 0.442. The molecule has 0 spiro atoms. The predicted molar refractivity (Wildman–Crippen MR) is 88.5 cm³/mol. The summed E-state index contributed by atoms with van der Waals surface area (Å²) >= 11 is 1.55. The van der Waals surface area contributed by atoms with Gasteiger partial charge in [-0.3, -0.25) is 0 Å². The highest BCUT2D eigenvalue weighted by Crippen LogP contribution is 2.37. The van der Waals surface area contributed by atoms with E-state index in [1.807, 2.05) is 6.26 Å². The Morgan fingerprint density at radius 2 is 1.95 bits per heavy atom. The third-order valence-corrected chi connectivity index (χ3v) is 9.18. The summed E-state index contributed by atoms with van der Waals surface area (Å²) in [5.41, 5.74) is 0. The Balaban J connectivity index is 2.61. The third kappa shape index (κ3) is 4.47. The Morgan fingerprint density at radius 3 is 2.45 bits per heavy atom. The number of thioether (sulfide) groups is 1. The lowest BCUT2D eigenvalue weighted by Gasteiger charge is -2.37. The van der Waals surface area contributed by atoms with Crippen molar-refractivity contribution in [3.8, 4) is 0 Å². The first-order valence-electron chi connectivity index (χ1n) is 7.14. The molecule has 0 N–H and O–H groups in total. The zero-order valence-corrected chi connectivity index (χ0v) is 15.6. The van der Waals surface area contributed by atoms with E-state index in [0.29, 0.717) is 12.5 Å². The molecule has 0 radical (unpaired) electrons. The highest BCUT2D eigenvalue weighted by atomic mass is 32.2. The number of alkyl halides is 1. The van der Waals surface area contributed by atoms with Gasteiger partial charge in [-0.05, 0) is 24.4 Å². The van der Waals surface area contributed by atoms with Crippen LogP contribution in [0.1, 0.15) is 20.8 Å². The van der Waals surface area contributed by atoms with E-state index >= 15 is 0 Å². The van der Waals surface area contributed by atoms with Crippen LogP contribution < -0.4 is 0 Å². The van der Waals surface area contributed by atoms with Gasteiger partial charge in [0.05, 0.1) is 18.5 Å². The summed E-state index contributed by atoms with van der Waals surface area (Å²) in [5.74, 6) is 0.484. The van der Waals surface area contributed by atoms with Gasteiger partial charge in [0.15, 0.2) is 8.32 Å². The van der Waals surface area contributed by atoms with Gasteiger partial charge in [0.2, 0.25) is 0 Å². The molecule has 0 amide bonds. The van der Waals surface area contributed by atoms with Crippen LogP contribution in [0.4, 0.5) is 4.39 Å². The van der Waals surface area contributed by atoms with Crippen LogP contribution in [-0.4, -0.2) is 59.3 Å². The monoisotopic (exact) mass is 322 g/mol. The molecule has 0 saturated carbocycles. The zero-order valence-electron chi connectivity index (χ0n) is 13.7. The molecule has 0 aromatic rings. The van der Waals surface area contributed by atoms with Gasteiger partial charge < -0.3 is 13.9 Å². The van der Waals surface area contributed by atoms with Gasteiger partial charge in [-0.2, -0.15) is 0 Å². The van der Waals surface area contributed by atoms with Crippen LogP contribution in [0.3, 0.4) is 0 Å². The maximum Gasteiger partial charge on any atom is 0.192 e. The minimum Gasteiger partial charge on any atom is -0.414 e. The van der Waals surface area contributed by atoms with Crippen molar-refractivity contribution in [1.29, 1.82) is 0 Å². The maximum atomic E-state index is 14.1. The normalized spacial score (nSPS) is 31.8. The standard InChI is InChI=1S/C13H28BFO3SSi/c1-13(2,3)20(5,6)17-7-9-11(16-8-19-4)10(15)12(14)18-9/h9-12H,7-8,14H2,1-6H3/t9-,10?,11?,12-/m1/s1. The van der Waals surface area contributed by atoms with E-state index in [1.54, 1.807) is 19.6 Å². The zero-order chi connectivity index (χ0) is 15.6. The molecule has 0 aromatic heterocycles. The SMILES string of the molecule is B[C@@H]1O[C@H](CO[Si](C)(C)C(C)(C)C)C(OCSC)C1F. The van der Waals surface area contributed by atoms with Crippen molar-refractivity contribution < 1.29 is 18.3 Å². The fourth-order valence-corrected chi connectivity index (χ4v) is 3.19. The molecule has 1 saturated heterocycles. The van der Waals surface area contributed by atoms with Crippen molar-refractivity contribution in [3.63, 3.8) is 0 Å². The number of hydrogen-bond acceptors (Lipinski definition) is 4. The quantitative estimate of drug-likeness (QED) is 0.554. The Kier molecular flexibility index (Phi) is 6.60. The number of ether oxygens (including phenoxy) is 2. The van der Waals surface area contributed by atoms with Crippen LogP contribution >= 0.6 is 11.8 Å². The van der Waals surface area contributed by atoms with Crippen molar-refractivity contribution in [2.24, 2.45) is 0 Å². The molecule has 1 aliphatic rings. The second-order valence-corrected chi connectivity index (χ2v) is 12.6. The first-order chi connectivity index (χ1) is 9.10. The van der Waals surface area contributed by atoms with Crippen molar-refractivity contribution in [1.82, 2.24) is 0 Å². The topological polar surface area (TPSA) is 27.7 Å². The van der Waals surface area contributed by atoms with Crippen LogP contribution in [0.15, 0.2) is 0 Å². The largest absolute Gasteiger partial charge is 0.414 e. The van der Waals surface area contributed by atoms with Crippen LogP contribution in [0.25, 0.3) is 0 Å². The number of halogens is 1. The lowest BCUT2D eigenvalue weighted by atomic mass is 9.94. The van der Waals surface area contributed by atoms with E-state index in [4.69, 9.17) is 13.9 Å². The molecule has 20 heavy (non-hydrogen) atoms. The van der Waals surface area contributed by atoms with E-state index in [0.717, 1.165) is 0 Å². The highest BCUT2D eigenvalue weighted by Gasteiger charge is 2.45. The number of rotatable bonds is 6. The third-order valence-electron chi connectivity index (χ3n) is 4.31. The molecular weight excluding hydrogens is 294 g/mol. The van der Waals surface area contributed by atoms with E-state index < -0.39 is 26.6 Å². The summed E-state index contributed by atoms with van der Waals surface area (Å²) in [6.07, 6.45) is 0.0480. The van der Waals surface area contributed by atoms with Crippen LogP contribution in [0.2, 0.25) is 18.1 Å². The molecule has 3 nitrogen and oxygen atoms in total. The summed E-state index contributed by atoms with van der Waals surface area (Å²) in [6, 6.07) is -0.421. The molecule has 0 aliphatic carbocycles. The van der Waals surface area contributed by atoms with E-state index in [9.17, 15) is 4.39 Å². The molecule has 1 rings (SSSR count). The second kappa shape index (κ2) is 7.14. The summed E-state index contributed by atoms with van der Waals surface area (Å²) < 4.78 is 31.5. The molecule has 118 valence electrons. The molecule has 2 unspecified atom stereocenters. The van der Waals surface area contributed by atoms with Crippen LogP contribution in [0, 0.1) is 0 Å². The molecule has 7 heteroatoms. The summed E-state index contributed by atoms with van der Waals surface area (Å²) in [4.78, 5) is 0. The summed E-state index contributed by atoms with van der Waals surface area (Å²) in [7, 11) is -0.0841. The van der Waals surface area contributed by atoms with Gasteiger partial charge >= 0.3 is 0 Å². The van der Waals surface area contributed by atoms with Crippen LogP contribution in [-0.2, 0) is 13.9 Å². The molecule has 1 fully saturated rings. The molecule has 1 heterocycles. The highest BCUT2D eigenvalue weighted by molar-refractivity contribution is 7.98. The molecular formula is C13H28BFO3SSi. The Bertz CT molecular complexity index is 314. The minimum atomic E-state index is -1.84. The van der Waals surface area contributed by atoms with Crippen molar-refractivity contribution in [2.75, 3.05) is 18.8 Å². The van der Waals surface area contributed by atoms with E-state index in [2.05, 4.69) is 33.9 Å². The molecule has 4 atom stereocenters. The lowest BCUT2D eigenvalue weighted by molar-refractivity contribution is -0.0267. The van der Waals surface area contributed by atoms with Crippen LogP contribution in [0.5, 0.6) is 0 Å². The van der Waals surface area contributed by atoms with Gasteiger partial charge in [-0.25, -0.2) is 4.39 Å². The molecule has 1 aliphatic heterocycles. The van der Waals surface area contributed by atoms with Gasteiger partial charge in [-0.1, -0.05) is 20.8 Å². The van der Waals surface area contributed by atoms with E-state index in [-0.39, 0.29) is 11.1 Å². The van der Waals surface area contributed by atoms with Crippen molar-refractivity contribution in [3.05, 3.63) is 0 Å². The predicted octanol–water partition coefficient (Wildman–Crippen LogP) is 2.41. The summed E-state index contributed by atoms with van der Waals surface area (Å²) in [5, 5.41) is 0.141. The molecule has 0 aromatic carbocycles.